The maximum atomic E-state index is 13.7. The second-order valence-electron chi connectivity index (χ2n) is 13.3. The number of piperidine rings is 1. The highest BCUT2D eigenvalue weighted by Gasteiger charge is 2.39. The van der Waals surface area contributed by atoms with Gasteiger partial charge in [0.2, 0.25) is 17.7 Å². The van der Waals surface area contributed by atoms with Gasteiger partial charge in [-0.2, -0.15) is 0 Å². The van der Waals surface area contributed by atoms with Crippen molar-refractivity contribution in [1.29, 1.82) is 0 Å². The minimum absolute atomic E-state index is 0.193. The first-order valence-corrected chi connectivity index (χ1v) is 16.8. The van der Waals surface area contributed by atoms with Gasteiger partial charge in [-0.05, 0) is 75.1 Å². The second-order valence-corrected chi connectivity index (χ2v) is 13.3. The summed E-state index contributed by atoms with van der Waals surface area (Å²) in [5, 5.41) is 18.7. The van der Waals surface area contributed by atoms with Crippen molar-refractivity contribution in [3.05, 3.63) is 47.7 Å². The molecule has 0 aliphatic carbocycles. The zero-order chi connectivity index (χ0) is 35.9. The number of aliphatic hydroxyl groups excluding tert-OH is 1. The van der Waals surface area contributed by atoms with Crippen molar-refractivity contribution in [1.82, 2.24) is 25.8 Å². The van der Waals surface area contributed by atoms with Gasteiger partial charge in [0, 0.05) is 32.7 Å². The molecule has 0 radical (unpaired) electrons. The molecule has 2 aliphatic heterocycles. The number of hydrogen-bond donors (Lipinski definition) is 4. The Hall–Kier alpha value is -4.59. The Balaban J connectivity index is 1.61. The Morgan fingerprint density at radius 1 is 1.04 bits per heavy atom. The molecule has 4 atom stereocenters. The number of aliphatic hydroxyl groups is 1. The minimum atomic E-state index is -1.33. The quantitative estimate of drug-likeness (QED) is 0.364. The lowest BCUT2D eigenvalue weighted by Gasteiger charge is -2.42. The average molecular weight is 684 g/mol. The number of fused-ring (bicyclic) bond motifs is 2. The first-order valence-electron chi connectivity index (χ1n) is 16.8. The van der Waals surface area contributed by atoms with E-state index in [2.05, 4.69) is 16.0 Å². The monoisotopic (exact) mass is 683 g/mol. The number of likely N-dealkylation sites (tertiary alicyclic amines) is 1. The molecule has 2 aliphatic rings. The van der Waals surface area contributed by atoms with E-state index in [0.29, 0.717) is 44.7 Å². The van der Waals surface area contributed by atoms with Crippen molar-refractivity contribution in [2.24, 2.45) is 11.3 Å². The molecule has 4 N–H and O–H groups in total. The molecule has 1 fully saturated rings. The van der Waals surface area contributed by atoms with Crippen LogP contribution in [0.2, 0.25) is 0 Å². The summed E-state index contributed by atoms with van der Waals surface area (Å²) in [5.74, 6) is -1.85. The molecule has 49 heavy (non-hydrogen) atoms. The number of amides is 5. The summed E-state index contributed by atoms with van der Waals surface area (Å²) in [6, 6.07) is 7.25. The summed E-state index contributed by atoms with van der Waals surface area (Å²) in [7, 11) is 1.40. The first-order chi connectivity index (χ1) is 23.2. The van der Waals surface area contributed by atoms with E-state index in [0.717, 1.165) is 10.5 Å². The number of nitrogens with zero attached hydrogens (tertiary/aromatic N) is 2. The lowest BCUT2D eigenvalue weighted by molar-refractivity contribution is -0.144. The van der Waals surface area contributed by atoms with Crippen molar-refractivity contribution in [2.75, 3.05) is 39.9 Å². The summed E-state index contributed by atoms with van der Waals surface area (Å²) >= 11 is 0. The number of ether oxygens (including phenoxy) is 2. The Kier molecular flexibility index (Phi) is 12.3. The molecular formula is C35H49N5O9. The van der Waals surface area contributed by atoms with E-state index in [4.69, 9.17) is 13.9 Å². The van der Waals surface area contributed by atoms with Gasteiger partial charge in [-0.3, -0.25) is 24.0 Å². The third-order valence-electron chi connectivity index (χ3n) is 9.30. The number of nitrogens with one attached hydrogen (secondary N) is 3. The fourth-order valence-electron chi connectivity index (χ4n) is 6.12. The topological polar surface area (TPSA) is 180 Å². The number of benzene rings is 1. The predicted molar refractivity (Wildman–Crippen MR) is 179 cm³/mol. The highest BCUT2D eigenvalue weighted by Crippen LogP contribution is 2.36. The van der Waals surface area contributed by atoms with Crippen molar-refractivity contribution in [3.8, 4) is 11.7 Å². The largest absolute Gasteiger partial charge is 0.484 e. The normalized spacial score (nSPS) is 23.4. The molecule has 3 heterocycles. The molecule has 4 rings (SSSR count). The van der Waals surface area contributed by atoms with E-state index >= 15 is 0 Å². The molecule has 0 saturated carbocycles. The van der Waals surface area contributed by atoms with Crippen LogP contribution in [0.1, 0.15) is 63.6 Å². The Morgan fingerprint density at radius 2 is 1.76 bits per heavy atom. The fraction of sp³-hybridized carbons (Fsp3) is 0.571. The molecule has 2 aromatic rings. The van der Waals surface area contributed by atoms with E-state index in [1.54, 1.807) is 23.1 Å². The molecule has 1 aromatic carbocycles. The molecule has 268 valence electrons. The van der Waals surface area contributed by atoms with Gasteiger partial charge < -0.3 is 44.7 Å². The van der Waals surface area contributed by atoms with Crippen molar-refractivity contribution in [3.63, 3.8) is 0 Å². The van der Waals surface area contributed by atoms with Gasteiger partial charge in [-0.1, -0.05) is 26.0 Å². The molecule has 1 aromatic heterocycles. The van der Waals surface area contributed by atoms with Gasteiger partial charge >= 0.3 is 0 Å². The highest BCUT2D eigenvalue weighted by molar-refractivity contribution is 5.94. The van der Waals surface area contributed by atoms with Crippen LogP contribution in [0, 0.1) is 11.3 Å². The van der Waals surface area contributed by atoms with Crippen LogP contribution in [0.4, 0.5) is 0 Å². The van der Waals surface area contributed by atoms with E-state index in [1.807, 2.05) is 39.0 Å². The van der Waals surface area contributed by atoms with Crippen LogP contribution >= 0.6 is 0 Å². The number of likely N-dealkylation sites (N-methyl/N-ethyl adjacent to an activating group) is 1. The molecule has 2 bridgehead atoms. The number of furan rings is 1. The third-order valence-corrected chi connectivity index (χ3v) is 9.30. The lowest BCUT2D eigenvalue weighted by Crippen LogP contribution is -2.59. The van der Waals surface area contributed by atoms with Crippen molar-refractivity contribution < 1.29 is 43.0 Å². The van der Waals surface area contributed by atoms with Crippen LogP contribution in [0.5, 0.6) is 11.7 Å². The molecule has 1 spiro atoms. The van der Waals surface area contributed by atoms with Crippen LogP contribution < -0.4 is 25.4 Å². The fourth-order valence-corrected chi connectivity index (χ4v) is 6.12. The second kappa shape index (κ2) is 16.2. The summed E-state index contributed by atoms with van der Waals surface area (Å²) < 4.78 is 16.7. The summed E-state index contributed by atoms with van der Waals surface area (Å²) in [6.07, 6.45) is 0.405. The number of carbonyl (C=O) groups is 5. The van der Waals surface area contributed by atoms with Gasteiger partial charge in [0.25, 0.3) is 17.8 Å². The zero-order valence-corrected chi connectivity index (χ0v) is 29.1. The summed E-state index contributed by atoms with van der Waals surface area (Å²) in [5.41, 5.74) is 0.444. The smallest absolute Gasteiger partial charge is 0.289 e. The van der Waals surface area contributed by atoms with E-state index in [9.17, 15) is 29.1 Å². The van der Waals surface area contributed by atoms with Gasteiger partial charge in [0.1, 0.15) is 23.9 Å². The van der Waals surface area contributed by atoms with E-state index in [-0.39, 0.29) is 36.0 Å². The van der Waals surface area contributed by atoms with E-state index < -0.39 is 54.0 Å². The predicted octanol–water partition coefficient (Wildman–Crippen LogP) is 1.51. The Labute approximate surface area is 286 Å². The maximum absolute atomic E-state index is 13.7. The maximum Gasteiger partial charge on any atom is 0.289 e. The zero-order valence-electron chi connectivity index (χ0n) is 29.1. The number of rotatable bonds is 5. The summed E-state index contributed by atoms with van der Waals surface area (Å²) in [6.45, 7) is 9.45. The van der Waals surface area contributed by atoms with Crippen LogP contribution in [0.3, 0.4) is 0 Å². The average Bonchev–Trinajstić information content (AvgIpc) is 3.55. The standard InChI is InChI=1S/C35H49N5O9/c1-7-47-28-12-11-26(49-28)33(45)40-15-13-35(14-16-40)18-24-9-8-10-25(17-24)48-19-27(42)37-30(23(5)41)34(46)39(6)22(4)31(43)38-29(21(2)3)32(44)36-20-35/h8-12,17,21-23,29-30,41H,7,13-16,18-20H2,1-6H3,(H,36,44)(H,37,42)(H,38,43)/t22-,23+,29+,30-/m0/s1. The molecule has 0 unspecified atom stereocenters. The minimum Gasteiger partial charge on any atom is -0.484 e. The van der Waals surface area contributed by atoms with Gasteiger partial charge in [0.15, 0.2) is 12.4 Å². The SMILES string of the molecule is CCOc1ccc(C(=O)N2CCC3(CC2)CNC(=O)[C@@H](C(C)C)NC(=O)[C@H](C)N(C)C(=O)[C@H]([C@@H](C)O)NC(=O)COc2cccc(c2)C3)o1. The van der Waals surface area contributed by atoms with Crippen molar-refractivity contribution in [2.45, 2.75) is 78.1 Å². The molecule has 1 saturated heterocycles. The van der Waals surface area contributed by atoms with Crippen LogP contribution in [-0.2, 0) is 25.6 Å². The number of carbonyl (C=O) groups excluding carboxylic acids is 5. The molecule has 14 nitrogen and oxygen atoms in total. The van der Waals surface area contributed by atoms with Crippen LogP contribution in [-0.4, -0.2) is 109 Å². The highest BCUT2D eigenvalue weighted by atomic mass is 16.6. The third kappa shape index (κ3) is 9.31. The Morgan fingerprint density at radius 3 is 2.41 bits per heavy atom. The van der Waals surface area contributed by atoms with Crippen LogP contribution in [0.15, 0.2) is 40.8 Å². The molecule has 5 amide bonds. The molecular weight excluding hydrogens is 634 g/mol. The van der Waals surface area contributed by atoms with Gasteiger partial charge in [-0.25, -0.2) is 0 Å². The molecule has 14 heteroatoms. The lowest BCUT2D eigenvalue weighted by atomic mass is 9.73. The van der Waals surface area contributed by atoms with Crippen molar-refractivity contribution >= 4 is 29.5 Å². The Bertz CT molecular complexity index is 1500. The van der Waals surface area contributed by atoms with Gasteiger partial charge in [0.05, 0.1) is 12.7 Å². The number of hydrogen-bond acceptors (Lipinski definition) is 9. The van der Waals surface area contributed by atoms with E-state index in [1.165, 1.54) is 20.9 Å². The van der Waals surface area contributed by atoms with Crippen LogP contribution in [0.25, 0.3) is 0 Å². The first kappa shape index (κ1) is 37.2. The summed E-state index contributed by atoms with van der Waals surface area (Å²) in [4.78, 5) is 69.4. The van der Waals surface area contributed by atoms with Gasteiger partial charge in [-0.15, -0.1) is 0 Å².